The number of piperidine rings is 1. The summed E-state index contributed by atoms with van der Waals surface area (Å²) < 4.78 is 32.3. The Hall–Kier alpha value is -3.49. The number of nitrogens with zero attached hydrogens (tertiary/aromatic N) is 3. The van der Waals surface area contributed by atoms with Gasteiger partial charge in [-0.25, -0.2) is 13.6 Å². The lowest BCUT2D eigenvalue weighted by Crippen LogP contribution is -2.46. The summed E-state index contributed by atoms with van der Waals surface area (Å²) in [6, 6.07) is 10.9. The second-order valence-electron chi connectivity index (χ2n) is 11.0. The molecule has 2 aromatic carbocycles. The van der Waals surface area contributed by atoms with Gasteiger partial charge in [0, 0.05) is 50.5 Å². The highest BCUT2D eigenvalue weighted by Gasteiger charge is 2.48. The van der Waals surface area contributed by atoms with E-state index in [1.165, 1.54) is 41.3 Å². The number of likely N-dealkylation sites (tertiary alicyclic amines) is 2. The number of carbonyl (C=O) groups is 3. The van der Waals surface area contributed by atoms with E-state index in [0.29, 0.717) is 39.0 Å². The van der Waals surface area contributed by atoms with Crippen LogP contribution >= 0.6 is 0 Å². The first-order valence-corrected chi connectivity index (χ1v) is 13.2. The summed E-state index contributed by atoms with van der Waals surface area (Å²) in [5, 5.41) is 0. The zero-order chi connectivity index (χ0) is 27.0. The van der Waals surface area contributed by atoms with Crippen LogP contribution in [0.1, 0.15) is 44.1 Å². The number of halogens is 2. The first-order chi connectivity index (χ1) is 18.1. The quantitative estimate of drug-likeness (QED) is 0.579. The van der Waals surface area contributed by atoms with Crippen LogP contribution < -0.4 is 4.74 Å². The van der Waals surface area contributed by atoms with E-state index in [1.54, 1.807) is 24.1 Å². The summed E-state index contributed by atoms with van der Waals surface area (Å²) in [6.45, 7) is 3.86. The Labute approximate surface area is 221 Å². The Morgan fingerprint density at radius 1 is 0.895 bits per heavy atom. The normalized spacial score (nSPS) is 22.7. The van der Waals surface area contributed by atoms with Crippen molar-refractivity contribution in [3.8, 4) is 5.75 Å². The maximum absolute atomic E-state index is 13.6. The van der Waals surface area contributed by atoms with Crippen molar-refractivity contribution >= 4 is 17.9 Å². The molecule has 202 valence electrons. The number of benzene rings is 2. The molecule has 38 heavy (non-hydrogen) atoms. The molecule has 2 aromatic rings. The summed E-state index contributed by atoms with van der Waals surface area (Å²) in [7, 11) is 1.61. The molecule has 1 aliphatic carbocycles. The van der Waals surface area contributed by atoms with Crippen LogP contribution in [0.3, 0.4) is 0 Å². The largest absolute Gasteiger partial charge is 0.415 e. The number of hydrogen-bond donors (Lipinski definition) is 0. The van der Waals surface area contributed by atoms with Crippen molar-refractivity contribution in [3.63, 3.8) is 0 Å². The number of amides is 3. The highest BCUT2D eigenvalue weighted by Crippen LogP contribution is 2.47. The lowest BCUT2D eigenvalue weighted by atomic mass is 9.93. The molecule has 0 radical (unpaired) electrons. The predicted molar refractivity (Wildman–Crippen MR) is 136 cm³/mol. The zero-order valence-corrected chi connectivity index (χ0v) is 21.7. The van der Waals surface area contributed by atoms with Gasteiger partial charge in [-0.2, -0.15) is 0 Å². The fraction of sp³-hybridized carbons (Fsp3) is 0.483. The molecule has 0 unspecified atom stereocenters. The third-order valence-electron chi connectivity index (χ3n) is 8.35. The fourth-order valence-electron chi connectivity index (χ4n) is 5.58. The topological polar surface area (TPSA) is 70.2 Å². The van der Waals surface area contributed by atoms with Gasteiger partial charge in [-0.3, -0.25) is 9.59 Å². The van der Waals surface area contributed by atoms with E-state index in [4.69, 9.17) is 4.74 Å². The lowest BCUT2D eigenvalue weighted by molar-refractivity contribution is -0.142. The van der Waals surface area contributed by atoms with Crippen LogP contribution in [0.15, 0.2) is 48.5 Å². The lowest BCUT2D eigenvalue weighted by Gasteiger charge is -2.34. The van der Waals surface area contributed by atoms with Gasteiger partial charge in [-0.05, 0) is 67.6 Å². The number of carbonyl (C=O) groups excluding carboxylic acids is 3. The van der Waals surface area contributed by atoms with Crippen molar-refractivity contribution in [2.24, 2.45) is 11.3 Å². The Morgan fingerprint density at radius 3 is 2.05 bits per heavy atom. The molecular weight excluding hydrogens is 492 g/mol. The average molecular weight is 526 g/mol. The van der Waals surface area contributed by atoms with Crippen molar-refractivity contribution < 1.29 is 27.9 Å². The third-order valence-corrected chi connectivity index (χ3v) is 8.35. The molecule has 3 aliphatic rings. The molecule has 0 bridgehead atoms. The minimum atomic E-state index is -0.622. The van der Waals surface area contributed by atoms with Crippen molar-refractivity contribution in [2.75, 3.05) is 33.2 Å². The number of rotatable bonds is 5. The molecule has 2 heterocycles. The maximum Gasteiger partial charge on any atom is 0.415 e. The summed E-state index contributed by atoms with van der Waals surface area (Å²) in [5.74, 6) is -0.782. The average Bonchev–Trinajstić information content (AvgIpc) is 3.52. The summed E-state index contributed by atoms with van der Waals surface area (Å²) >= 11 is 0. The number of ether oxygens (including phenoxy) is 1. The molecule has 9 heteroatoms. The van der Waals surface area contributed by atoms with Gasteiger partial charge >= 0.3 is 6.09 Å². The summed E-state index contributed by atoms with van der Waals surface area (Å²) in [6.07, 6.45) is 2.48. The highest BCUT2D eigenvalue weighted by molar-refractivity contribution is 5.85. The second kappa shape index (κ2) is 10.3. The first-order valence-electron chi connectivity index (χ1n) is 13.2. The van der Waals surface area contributed by atoms with Gasteiger partial charge in [0.15, 0.2) is 0 Å². The van der Waals surface area contributed by atoms with Crippen molar-refractivity contribution in [1.29, 1.82) is 0 Å². The number of likely N-dealkylation sites (N-methyl/N-ethyl adjacent to an activating group) is 1. The van der Waals surface area contributed by atoms with E-state index in [0.717, 1.165) is 18.4 Å². The molecule has 3 fully saturated rings. The zero-order valence-electron chi connectivity index (χ0n) is 21.7. The van der Waals surface area contributed by atoms with Crippen LogP contribution in [-0.2, 0) is 9.59 Å². The molecule has 0 spiro atoms. The van der Waals surface area contributed by atoms with E-state index in [1.807, 2.05) is 11.8 Å². The molecule has 0 N–H and O–H groups in total. The van der Waals surface area contributed by atoms with E-state index < -0.39 is 18.0 Å². The Morgan fingerprint density at radius 2 is 1.47 bits per heavy atom. The van der Waals surface area contributed by atoms with Gasteiger partial charge in [-0.15, -0.1) is 0 Å². The second-order valence-corrected chi connectivity index (χ2v) is 11.0. The van der Waals surface area contributed by atoms with Crippen LogP contribution in [0.4, 0.5) is 13.6 Å². The van der Waals surface area contributed by atoms with Crippen LogP contribution in [0.5, 0.6) is 5.75 Å². The van der Waals surface area contributed by atoms with Crippen molar-refractivity contribution in [3.05, 3.63) is 65.7 Å². The third kappa shape index (κ3) is 5.37. The summed E-state index contributed by atoms with van der Waals surface area (Å²) in [4.78, 5) is 44.4. The van der Waals surface area contributed by atoms with E-state index in [9.17, 15) is 23.2 Å². The Kier molecular flexibility index (Phi) is 7.11. The van der Waals surface area contributed by atoms with Crippen molar-refractivity contribution in [2.45, 2.75) is 44.6 Å². The summed E-state index contributed by atoms with van der Waals surface area (Å²) in [5.41, 5.74) is 0.611. The van der Waals surface area contributed by atoms with Gasteiger partial charge in [0.1, 0.15) is 17.4 Å². The number of hydrogen-bond acceptors (Lipinski definition) is 4. The standard InChI is InChI=1S/C29H33F2N3O4/c1-29(13-14-29)27(36)33-15-11-20(12-16-33)26(35)34-17-24(19-3-5-21(30)6-4-19)25(18-34)32(2)28(37)38-23-9-7-22(31)8-10-23/h3-10,20,24-25H,11-18H2,1-2H3/t24-,25+/m1/s1. The van der Waals surface area contributed by atoms with Gasteiger partial charge in [0.2, 0.25) is 11.8 Å². The maximum atomic E-state index is 13.6. The van der Waals surface area contributed by atoms with E-state index in [-0.39, 0.29) is 40.6 Å². The highest BCUT2D eigenvalue weighted by atomic mass is 19.1. The Balaban J connectivity index is 1.27. The molecule has 0 aromatic heterocycles. The van der Waals surface area contributed by atoms with E-state index in [2.05, 4.69) is 0 Å². The predicted octanol–water partition coefficient (Wildman–Crippen LogP) is 4.43. The Bertz CT molecular complexity index is 1190. The molecule has 2 aliphatic heterocycles. The van der Waals surface area contributed by atoms with Crippen LogP contribution in [0.2, 0.25) is 0 Å². The minimum absolute atomic E-state index is 0.0182. The van der Waals surface area contributed by atoms with E-state index >= 15 is 0 Å². The molecular formula is C29H33F2N3O4. The van der Waals surface area contributed by atoms with Gasteiger partial charge in [-0.1, -0.05) is 19.1 Å². The van der Waals surface area contributed by atoms with Gasteiger partial charge in [0.25, 0.3) is 0 Å². The monoisotopic (exact) mass is 525 g/mol. The minimum Gasteiger partial charge on any atom is -0.410 e. The molecule has 2 atom stereocenters. The first kappa shape index (κ1) is 26.1. The molecule has 3 amide bonds. The SMILES string of the molecule is CN(C(=O)Oc1ccc(F)cc1)[C@H]1CN(C(=O)C2CCN(C(=O)C3(C)CC3)CC2)C[C@@H]1c1ccc(F)cc1. The van der Waals surface area contributed by atoms with Crippen molar-refractivity contribution in [1.82, 2.24) is 14.7 Å². The van der Waals surface area contributed by atoms with Gasteiger partial charge in [0.05, 0.1) is 6.04 Å². The fourth-order valence-corrected chi connectivity index (χ4v) is 5.58. The van der Waals surface area contributed by atoms with Crippen LogP contribution in [0.25, 0.3) is 0 Å². The molecule has 2 saturated heterocycles. The van der Waals surface area contributed by atoms with Gasteiger partial charge < -0.3 is 19.4 Å². The molecule has 7 nitrogen and oxygen atoms in total. The molecule has 5 rings (SSSR count). The van der Waals surface area contributed by atoms with Crippen LogP contribution in [-0.4, -0.2) is 71.9 Å². The van der Waals surface area contributed by atoms with Crippen LogP contribution in [0, 0.1) is 23.0 Å². The molecule has 1 saturated carbocycles. The smallest absolute Gasteiger partial charge is 0.410 e.